The molecule has 0 aliphatic heterocycles. The van der Waals surface area contributed by atoms with Crippen molar-refractivity contribution in [2.75, 3.05) is 14.1 Å². The summed E-state index contributed by atoms with van der Waals surface area (Å²) in [7, 11) is 4.11. The van der Waals surface area contributed by atoms with Crippen LogP contribution in [0.4, 0.5) is 0 Å². The normalized spacial score (nSPS) is 12.0. The molecule has 178 valence electrons. The fraction of sp³-hybridized carbons (Fsp3) is 0.310. The average molecular weight is 458 g/mol. The number of hydrogen-bond donors (Lipinski definition) is 2. The molecule has 3 rings (SSSR count). The van der Waals surface area contributed by atoms with Gasteiger partial charge in [-0.05, 0) is 60.8 Å². The lowest BCUT2D eigenvalue weighted by Crippen LogP contribution is -2.49. The Morgan fingerprint density at radius 2 is 1.53 bits per heavy atom. The van der Waals surface area contributed by atoms with Gasteiger partial charge in [-0.2, -0.15) is 0 Å². The number of nitrogens with one attached hydrogen (secondary N) is 2. The Morgan fingerprint density at radius 3 is 2.18 bits per heavy atom. The topological polar surface area (TPSA) is 61.4 Å². The first-order valence-corrected chi connectivity index (χ1v) is 11.7. The molecule has 0 aliphatic carbocycles. The van der Waals surface area contributed by atoms with Crippen molar-refractivity contribution in [1.82, 2.24) is 15.5 Å². The summed E-state index contributed by atoms with van der Waals surface area (Å²) >= 11 is 0. The van der Waals surface area contributed by atoms with E-state index in [1.807, 2.05) is 57.2 Å². The number of carbonyl (C=O) groups is 2. The van der Waals surface area contributed by atoms with E-state index in [4.69, 9.17) is 0 Å². The highest BCUT2D eigenvalue weighted by Crippen LogP contribution is 2.24. The van der Waals surface area contributed by atoms with Gasteiger partial charge in [0, 0.05) is 18.7 Å². The van der Waals surface area contributed by atoms with E-state index in [0.717, 1.165) is 28.8 Å². The zero-order chi connectivity index (χ0) is 24.7. The Hall–Kier alpha value is -3.44. The van der Waals surface area contributed by atoms with E-state index in [1.165, 1.54) is 5.56 Å². The maximum Gasteiger partial charge on any atom is 0.252 e. The van der Waals surface area contributed by atoms with Crippen LogP contribution in [0.1, 0.15) is 40.9 Å². The average Bonchev–Trinajstić information content (AvgIpc) is 2.81. The summed E-state index contributed by atoms with van der Waals surface area (Å²) in [6.45, 7) is 7.04. The summed E-state index contributed by atoms with van der Waals surface area (Å²) in [5.74, 6) is -0.467. The van der Waals surface area contributed by atoms with Gasteiger partial charge in [0.15, 0.2) is 0 Å². The second-order valence-electron chi connectivity index (χ2n) is 9.32. The van der Waals surface area contributed by atoms with Gasteiger partial charge in [0.2, 0.25) is 5.91 Å². The van der Waals surface area contributed by atoms with Gasteiger partial charge in [-0.3, -0.25) is 9.59 Å². The molecule has 34 heavy (non-hydrogen) atoms. The summed E-state index contributed by atoms with van der Waals surface area (Å²) in [5.41, 5.74) is 5.95. The van der Waals surface area contributed by atoms with Crippen LogP contribution in [0.2, 0.25) is 0 Å². The number of amides is 2. The molecule has 0 saturated carbocycles. The second-order valence-corrected chi connectivity index (χ2v) is 9.32. The van der Waals surface area contributed by atoms with E-state index in [0.29, 0.717) is 12.1 Å². The number of aryl methyl sites for hydroxylation is 1. The van der Waals surface area contributed by atoms with Crippen LogP contribution < -0.4 is 10.6 Å². The lowest BCUT2D eigenvalue weighted by molar-refractivity contribution is -0.124. The van der Waals surface area contributed by atoms with E-state index in [9.17, 15) is 9.59 Å². The third kappa shape index (κ3) is 6.55. The quantitative estimate of drug-likeness (QED) is 0.485. The minimum atomic E-state index is -0.621. The molecule has 0 saturated heterocycles. The Balaban J connectivity index is 1.71. The Bertz CT molecular complexity index is 1120. The monoisotopic (exact) mass is 457 g/mol. The number of carbonyl (C=O) groups excluding carboxylic acids is 2. The first kappa shape index (κ1) is 25.2. The molecule has 0 aromatic heterocycles. The zero-order valence-corrected chi connectivity index (χ0v) is 20.8. The van der Waals surface area contributed by atoms with Crippen LogP contribution in [-0.4, -0.2) is 36.9 Å². The van der Waals surface area contributed by atoms with Gasteiger partial charge < -0.3 is 15.5 Å². The lowest BCUT2D eigenvalue weighted by atomic mass is 9.98. The molecule has 5 heteroatoms. The highest BCUT2D eigenvalue weighted by Gasteiger charge is 2.25. The number of rotatable bonds is 9. The molecule has 0 fully saturated rings. The second kappa shape index (κ2) is 11.6. The molecule has 0 spiro atoms. The van der Waals surface area contributed by atoms with Crippen molar-refractivity contribution < 1.29 is 9.59 Å². The molecule has 0 aliphatic rings. The Labute approximate surface area is 203 Å². The standard InChI is InChI=1S/C29H35N3O2/c1-20(2)27(31-28(33)25-12-8-6-10-21(25)3)29(34)30-18-24-11-7-9-13-26(24)23-16-14-22(15-17-23)19-32(4)5/h6-17,20,27H,18-19H2,1-5H3,(H,30,34)(H,31,33). The van der Waals surface area contributed by atoms with Crippen LogP contribution in [0.25, 0.3) is 11.1 Å². The molecular formula is C29H35N3O2. The molecule has 1 unspecified atom stereocenters. The highest BCUT2D eigenvalue weighted by molar-refractivity contribution is 5.98. The van der Waals surface area contributed by atoms with Gasteiger partial charge in [0.05, 0.1) is 0 Å². The fourth-order valence-corrected chi connectivity index (χ4v) is 3.98. The predicted octanol–water partition coefficient (Wildman–Crippen LogP) is 4.79. The van der Waals surface area contributed by atoms with Crippen LogP contribution >= 0.6 is 0 Å². The number of hydrogen-bond acceptors (Lipinski definition) is 3. The van der Waals surface area contributed by atoms with Crippen LogP contribution in [-0.2, 0) is 17.9 Å². The molecule has 5 nitrogen and oxygen atoms in total. The van der Waals surface area contributed by atoms with Crippen molar-refractivity contribution in [2.45, 2.75) is 39.9 Å². The van der Waals surface area contributed by atoms with E-state index in [-0.39, 0.29) is 17.7 Å². The van der Waals surface area contributed by atoms with Gasteiger partial charge in [0.1, 0.15) is 6.04 Å². The van der Waals surface area contributed by atoms with E-state index < -0.39 is 6.04 Å². The van der Waals surface area contributed by atoms with Crippen molar-refractivity contribution in [3.63, 3.8) is 0 Å². The van der Waals surface area contributed by atoms with Crippen molar-refractivity contribution in [1.29, 1.82) is 0 Å². The molecule has 3 aromatic carbocycles. The largest absolute Gasteiger partial charge is 0.350 e. The molecule has 2 N–H and O–H groups in total. The number of benzene rings is 3. The van der Waals surface area contributed by atoms with E-state index in [1.54, 1.807) is 6.07 Å². The molecular weight excluding hydrogens is 422 g/mol. The summed E-state index contributed by atoms with van der Waals surface area (Å²) in [6, 6.07) is 23.4. The maximum atomic E-state index is 13.1. The first-order chi connectivity index (χ1) is 16.3. The van der Waals surface area contributed by atoms with Gasteiger partial charge in [-0.15, -0.1) is 0 Å². The van der Waals surface area contributed by atoms with E-state index in [2.05, 4.69) is 60.0 Å². The summed E-state index contributed by atoms with van der Waals surface area (Å²) in [4.78, 5) is 28.0. The molecule has 0 heterocycles. The first-order valence-electron chi connectivity index (χ1n) is 11.7. The highest BCUT2D eigenvalue weighted by atomic mass is 16.2. The fourth-order valence-electron chi connectivity index (χ4n) is 3.98. The van der Waals surface area contributed by atoms with Crippen LogP contribution in [0.3, 0.4) is 0 Å². The smallest absolute Gasteiger partial charge is 0.252 e. The molecule has 2 amide bonds. The van der Waals surface area contributed by atoms with Gasteiger partial charge in [-0.25, -0.2) is 0 Å². The van der Waals surface area contributed by atoms with Crippen molar-refractivity contribution in [3.05, 3.63) is 95.1 Å². The molecule has 0 radical (unpaired) electrons. The summed E-state index contributed by atoms with van der Waals surface area (Å²) in [6.07, 6.45) is 0. The Morgan fingerprint density at radius 1 is 0.882 bits per heavy atom. The SMILES string of the molecule is Cc1ccccc1C(=O)NC(C(=O)NCc1ccccc1-c1ccc(CN(C)C)cc1)C(C)C. The third-order valence-electron chi connectivity index (χ3n) is 5.86. The molecule has 0 bridgehead atoms. The predicted molar refractivity (Wildman–Crippen MR) is 138 cm³/mol. The molecule has 1 atom stereocenters. The van der Waals surface area contributed by atoms with Gasteiger partial charge >= 0.3 is 0 Å². The molecule has 3 aromatic rings. The van der Waals surface area contributed by atoms with Gasteiger partial charge in [0.25, 0.3) is 5.91 Å². The maximum absolute atomic E-state index is 13.1. The minimum absolute atomic E-state index is 0.0487. The van der Waals surface area contributed by atoms with Crippen molar-refractivity contribution in [3.8, 4) is 11.1 Å². The Kier molecular flexibility index (Phi) is 8.61. The minimum Gasteiger partial charge on any atom is -0.350 e. The van der Waals surface area contributed by atoms with Crippen LogP contribution in [0, 0.1) is 12.8 Å². The third-order valence-corrected chi connectivity index (χ3v) is 5.86. The van der Waals surface area contributed by atoms with Crippen molar-refractivity contribution in [2.24, 2.45) is 5.92 Å². The zero-order valence-electron chi connectivity index (χ0n) is 20.8. The van der Waals surface area contributed by atoms with E-state index >= 15 is 0 Å². The van der Waals surface area contributed by atoms with Gasteiger partial charge in [-0.1, -0.05) is 80.6 Å². The van der Waals surface area contributed by atoms with Crippen LogP contribution in [0.15, 0.2) is 72.8 Å². The van der Waals surface area contributed by atoms with Crippen molar-refractivity contribution >= 4 is 11.8 Å². The summed E-state index contributed by atoms with van der Waals surface area (Å²) in [5, 5.41) is 5.96. The lowest BCUT2D eigenvalue weighted by Gasteiger charge is -2.22. The summed E-state index contributed by atoms with van der Waals surface area (Å²) < 4.78 is 0. The number of nitrogens with zero attached hydrogens (tertiary/aromatic N) is 1. The van der Waals surface area contributed by atoms with Crippen LogP contribution in [0.5, 0.6) is 0 Å².